The van der Waals surface area contributed by atoms with Crippen LogP contribution in [0.4, 0.5) is 0 Å². The molecular weight excluding hydrogens is 484 g/mol. The number of fused-ring (bicyclic) bond motifs is 1. The van der Waals surface area contributed by atoms with Gasteiger partial charge in [0.1, 0.15) is 0 Å². The van der Waals surface area contributed by atoms with Crippen molar-refractivity contribution in [1.29, 1.82) is 0 Å². The van der Waals surface area contributed by atoms with Crippen LogP contribution in [0.1, 0.15) is 75.0 Å². The number of hydrogen-bond donors (Lipinski definition) is 2. The second kappa shape index (κ2) is 12.8. The van der Waals surface area contributed by atoms with Gasteiger partial charge in [0.05, 0.1) is 5.92 Å². The van der Waals surface area contributed by atoms with E-state index in [1.807, 2.05) is 11.0 Å². The number of rotatable bonds is 9. The molecule has 4 atom stereocenters. The van der Waals surface area contributed by atoms with Gasteiger partial charge in [-0.3, -0.25) is 9.59 Å². The Bertz CT molecular complexity index is 1250. The van der Waals surface area contributed by atoms with Crippen molar-refractivity contribution in [2.24, 2.45) is 17.8 Å². The molecule has 0 bridgehead atoms. The van der Waals surface area contributed by atoms with Crippen LogP contribution < -0.4 is 5.32 Å². The molecule has 1 saturated carbocycles. The molecule has 1 aliphatic carbocycles. The monoisotopic (exact) mass is 526 g/mol. The Morgan fingerprint density at radius 3 is 2.41 bits per heavy atom. The van der Waals surface area contributed by atoms with Gasteiger partial charge in [0.15, 0.2) is 0 Å². The Labute approximate surface area is 232 Å². The maximum atomic E-state index is 13.5. The third kappa shape index (κ3) is 6.52. The average Bonchev–Trinajstić information content (AvgIpc) is 2.99. The lowest BCUT2D eigenvalue weighted by Crippen LogP contribution is -2.46. The van der Waals surface area contributed by atoms with Gasteiger partial charge in [0, 0.05) is 31.5 Å². The van der Waals surface area contributed by atoms with Gasteiger partial charge in [0.2, 0.25) is 5.91 Å². The number of piperidine rings is 1. The summed E-state index contributed by atoms with van der Waals surface area (Å²) >= 11 is 0. The van der Waals surface area contributed by atoms with Crippen LogP contribution >= 0.6 is 0 Å². The number of aliphatic carboxylic acids is 1. The quantitative estimate of drug-likeness (QED) is 0.322. The van der Waals surface area contributed by atoms with Gasteiger partial charge in [-0.2, -0.15) is 0 Å². The fourth-order valence-electron chi connectivity index (χ4n) is 6.92. The lowest BCUT2D eigenvalue weighted by atomic mass is 9.77. The highest BCUT2D eigenvalue weighted by Crippen LogP contribution is 2.36. The highest BCUT2D eigenvalue weighted by molar-refractivity contribution is 5.86. The third-order valence-corrected chi connectivity index (χ3v) is 9.24. The number of nitrogens with zero attached hydrogens (tertiary/aromatic N) is 1. The van der Waals surface area contributed by atoms with Crippen molar-refractivity contribution in [3.8, 4) is 0 Å². The number of carboxylic acids is 1. The highest BCUT2D eigenvalue weighted by Gasteiger charge is 2.36. The van der Waals surface area contributed by atoms with Crippen LogP contribution in [0.25, 0.3) is 10.8 Å². The second-order valence-electron chi connectivity index (χ2n) is 11.7. The summed E-state index contributed by atoms with van der Waals surface area (Å²) in [5.74, 6) is -0.631. The number of amides is 1. The summed E-state index contributed by atoms with van der Waals surface area (Å²) < 4.78 is 0. The van der Waals surface area contributed by atoms with Gasteiger partial charge >= 0.3 is 5.97 Å². The van der Waals surface area contributed by atoms with Crippen molar-refractivity contribution < 1.29 is 14.7 Å². The van der Waals surface area contributed by atoms with Gasteiger partial charge in [-0.05, 0) is 66.5 Å². The molecule has 1 aliphatic heterocycles. The maximum absolute atomic E-state index is 13.5. The van der Waals surface area contributed by atoms with E-state index >= 15 is 0 Å². The van der Waals surface area contributed by atoms with Crippen molar-refractivity contribution >= 4 is 22.6 Å². The molecule has 3 aromatic rings. The van der Waals surface area contributed by atoms with E-state index in [-0.39, 0.29) is 30.2 Å². The molecule has 3 aromatic carbocycles. The molecule has 5 rings (SSSR count). The van der Waals surface area contributed by atoms with Crippen LogP contribution in [0.15, 0.2) is 72.8 Å². The van der Waals surface area contributed by atoms with Crippen LogP contribution in [0.3, 0.4) is 0 Å². The van der Waals surface area contributed by atoms with Crippen molar-refractivity contribution in [3.63, 3.8) is 0 Å². The van der Waals surface area contributed by atoms with Crippen LogP contribution in [-0.4, -0.2) is 41.5 Å². The number of nitrogens with one attached hydrogen (secondary N) is 1. The third-order valence-electron chi connectivity index (χ3n) is 9.24. The zero-order valence-electron chi connectivity index (χ0n) is 23.1. The van der Waals surface area contributed by atoms with Gasteiger partial charge in [-0.1, -0.05) is 92.1 Å². The zero-order chi connectivity index (χ0) is 27.2. The first-order valence-corrected chi connectivity index (χ1v) is 14.8. The zero-order valence-corrected chi connectivity index (χ0v) is 23.1. The minimum absolute atomic E-state index is 0.00411. The first-order valence-electron chi connectivity index (χ1n) is 14.8. The van der Waals surface area contributed by atoms with Gasteiger partial charge in [-0.15, -0.1) is 0 Å². The summed E-state index contributed by atoms with van der Waals surface area (Å²) in [5, 5.41) is 16.3. The predicted octanol–water partition coefficient (Wildman–Crippen LogP) is 6.79. The van der Waals surface area contributed by atoms with Crippen molar-refractivity contribution in [2.45, 2.75) is 63.8 Å². The molecule has 0 aromatic heterocycles. The minimum atomic E-state index is -0.809. The molecule has 0 spiro atoms. The minimum Gasteiger partial charge on any atom is -0.481 e. The topological polar surface area (TPSA) is 69.6 Å². The molecule has 1 amide bonds. The fourth-order valence-corrected chi connectivity index (χ4v) is 6.92. The number of carbonyl (C=O) groups excluding carboxylic acids is 1. The van der Waals surface area contributed by atoms with E-state index in [1.165, 1.54) is 28.3 Å². The molecule has 1 heterocycles. The van der Waals surface area contributed by atoms with E-state index in [1.54, 1.807) is 0 Å². The Morgan fingerprint density at radius 1 is 0.923 bits per heavy atom. The lowest BCUT2D eigenvalue weighted by Gasteiger charge is -2.40. The number of hydrogen-bond acceptors (Lipinski definition) is 3. The summed E-state index contributed by atoms with van der Waals surface area (Å²) in [4.78, 5) is 27.5. The Hall–Kier alpha value is -3.18. The van der Waals surface area contributed by atoms with Gasteiger partial charge in [0.25, 0.3) is 0 Å². The SMILES string of the molecule is C[C@@H](NCC1CCN(C(=O)CC(C(=O)O)C2CCCCC2)CC1c1ccccc1)c1cccc2ccccc12. The summed E-state index contributed by atoms with van der Waals surface area (Å²) in [7, 11) is 0. The van der Waals surface area contributed by atoms with Gasteiger partial charge in [-0.25, -0.2) is 0 Å². The number of likely N-dealkylation sites (tertiary alicyclic amines) is 1. The summed E-state index contributed by atoms with van der Waals surface area (Å²) in [5.41, 5.74) is 2.56. The summed E-state index contributed by atoms with van der Waals surface area (Å²) in [6.45, 7) is 4.43. The molecule has 39 heavy (non-hydrogen) atoms. The molecule has 2 N–H and O–H groups in total. The largest absolute Gasteiger partial charge is 0.481 e. The first kappa shape index (κ1) is 27.4. The van der Waals surface area contributed by atoms with Crippen molar-refractivity contribution in [1.82, 2.24) is 10.2 Å². The van der Waals surface area contributed by atoms with E-state index in [9.17, 15) is 14.7 Å². The van der Waals surface area contributed by atoms with E-state index in [0.29, 0.717) is 19.0 Å². The Balaban J connectivity index is 1.27. The maximum Gasteiger partial charge on any atom is 0.307 e. The lowest BCUT2D eigenvalue weighted by molar-refractivity contribution is -0.149. The van der Waals surface area contributed by atoms with E-state index in [2.05, 4.69) is 79.0 Å². The summed E-state index contributed by atoms with van der Waals surface area (Å²) in [6.07, 6.45) is 6.22. The molecule has 1 saturated heterocycles. The average molecular weight is 527 g/mol. The molecule has 5 nitrogen and oxygen atoms in total. The fraction of sp³-hybridized carbons (Fsp3) is 0.471. The Kier molecular flexibility index (Phi) is 8.98. The first-order chi connectivity index (χ1) is 19.0. The van der Waals surface area contributed by atoms with E-state index in [4.69, 9.17) is 0 Å². The molecule has 5 heteroatoms. The molecule has 0 radical (unpaired) electrons. The Morgan fingerprint density at radius 2 is 1.64 bits per heavy atom. The molecular formula is C34H42N2O3. The second-order valence-corrected chi connectivity index (χ2v) is 11.7. The van der Waals surface area contributed by atoms with Crippen LogP contribution in [0, 0.1) is 17.8 Å². The van der Waals surface area contributed by atoms with Crippen molar-refractivity contribution in [3.05, 3.63) is 83.9 Å². The number of carboxylic acid groups (broad SMARTS) is 1. The molecule has 206 valence electrons. The van der Waals surface area contributed by atoms with E-state index < -0.39 is 11.9 Å². The summed E-state index contributed by atoms with van der Waals surface area (Å²) in [6, 6.07) is 25.8. The highest BCUT2D eigenvalue weighted by atomic mass is 16.4. The van der Waals surface area contributed by atoms with Crippen LogP contribution in [0.5, 0.6) is 0 Å². The van der Waals surface area contributed by atoms with Crippen molar-refractivity contribution in [2.75, 3.05) is 19.6 Å². The molecule has 3 unspecified atom stereocenters. The normalized spacial score (nSPS) is 21.9. The van der Waals surface area contributed by atoms with E-state index in [0.717, 1.165) is 38.6 Å². The molecule has 2 aliphatic rings. The number of benzene rings is 3. The molecule has 2 fully saturated rings. The standard InChI is InChI=1S/C34H42N2O3/c1-24(29-18-10-16-25-15-8-9-17-30(25)29)35-22-28-19-20-36(23-32(28)27-13-6-3-7-14-27)33(37)21-31(34(38)39)26-11-4-2-5-12-26/h3,6-10,13-18,24,26,28,31-32,35H,2,4-5,11-12,19-23H2,1H3,(H,38,39)/t24-,28?,31?,32?/m1/s1. The number of carbonyl (C=O) groups is 2. The smallest absolute Gasteiger partial charge is 0.307 e. The van der Waals surface area contributed by atoms with Gasteiger partial charge < -0.3 is 15.3 Å². The predicted molar refractivity (Wildman–Crippen MR) is 157 cm³/mol. The van der Waals surface area contributed by atoms with Crippen LogP contribution in [-0.2, 0) is 9.59 Å². The van der Waals surface area contributed by atoms with Crippen LogP contribution in [0.2, 0.25) is 0 Å².